The zero-order valence-electron chi connectivity index (χ0n) is 20.7. The SMILES string of the molecule is CC(C)CN(C[C@@H](CC(=O)OC(C)(C)C)Cc1ccccc1)S(=O)(=O)c1ccc2occc2c1. The Balaban J connectivity index is 1.90. The Morgan fingerprint density at radius 2 is 1.74 bits per heavy atom. The van der Waals surface area contributed by atoms with Gasteiger partial charge in [-0.1, -0.05) is 44.2 Å². The molecule has 34 heavy (non-hydrogen) atoms. The first-order valence-corrected chi connectivity index (χ1v) is 13.1. The quantitative estimate of drug-likeness (QED) is 0.346. The lowest BCUT2D eigenvalue weighted by atomic mass is 9.95. The Kier molecular flexibility index (Phi) is 8.21. The average Bonchev–Trinajstić information content (AvgIpc) is 3.20. The highest BCUT2D eigenvalue weighted by Crippen LogP contribution is 2.26. The maximum Gasteiger partial charge on any atom is 0.306 e. The van der Waals surface area contributed by atoms with Crippen molar-refractivity contribution in [1.29, 1.82) is 0 Å². The van der Waals surface area contributed by atoms with Crippen LogP contribution in [0.5, 0.6) is 0 Å². The number of nitrogens with zero attached hydrogens (tertiary/aromatic N) is 1. The van der Waals surface area contributed by atoms with Crippen LogP contribution in [-0.4, -0.2) is 37.4 Å². The van der Waals surface area contributed by atoms with Gasteiger partial charge in [-0.05, 0) is 68.9 Å². The van der Waals surface area contributed by atoms with Crippen LogP contribution in [0, 0.1) is 11.8 Å². The minimum Gasteiger partial charge on any atom is -0.464 e. The normalized spacial score (nSPS) is 13.5. The molecule has 0 aliphatic carbocycles. The highest BCUT2D eigenvalue weighted by molar-refractivity contribution is 7.89. The third-order valence-electron chi connectivity index (χ3n) is 5.33. The van der Waals surface area contributed by atoms with E-state index in [2.05, 4.69) is 0 Å². The van der Waals surface area contributed by atoms with Gasteiger partial charge in [0.25, 0.3) is 0 Å². The van der Waals surface area contributed by atoms with Crippen LogP contribution in [0.15, 0.2) is 70.2 Å². The molecule has 0 radical (unpaired) electrons. The van der Waals surface area contributed by atoms with Gasteiger partial charge in [-0.2, -0.15) is 4.31 Å². The monoisotopic (exact) mass is 485 g/mol. The van der Waals surface area contributed by atoms with Crippen molar-refractivity contribution in [2.45, 2.75) is 58.0 Å². The second kappa shape index (κ2) is 10.7. The molecule has 0 saturated heterocycles. The molecule has 0 unspecified atom stereocenters. The van der Waals surface area contributed by atoms with Crippen molar-refractivity contribution in [3.8, 4) is 0 Å². The second-order valence-corrected chi connectivity index (χ2v) is 12.1. The van der Waals surface area contributed by atoms with Crippen molar-refractivity contribution >= 4 is 27.0 Å². The maximum absolute atomic E-state index is 13.7. The van der Waals surface area contributed by atoms with Crippen LogP contribution in [0.25, 0.3) is 11.0 Å². The van der Waals surface area contributed by atoms with E-state index in [1.807, 2.05) is 65.0 Å². The molecule has 7 heteroatoms. The van der Waals surface area contributed by atoms with Crippen molar-refractivity contribution in [1.82, 2.24) is 4.31 Å². The molecular weight excluding hydrogens is 450 g/mol. The van der Waals surface area contributed by atoms with Crippen molar-refractivity contribution < 1.29 is 22.4 Å². The Labute approximate surface area is 203 Å². The van der Waals surface area contributed by atoms with E-state index < -0.39 is 15.6 Å². The first-order chi connectivity index (χ1) is 15.9. The van der Waals surface area contributed by atoms with E-state index >= 15 is 0 Å². The third-order valence-corrected chi connectivity index (χ3v) is 7.16. The summed E-state index contributed by atoms with van der Waals surface area (Å²) in [5.74, 6) is -0.440. The summed E-state index contributed by atoms with van der Waals surface area (Å²) in [6.45, 7) is 10.0. The van der Waals surface area contributed by atoms with E-state index in [0.717, 1.165) is 10.9 Å². The third kappa shape index (κ3) is 7.18. The lowest BCUT2D eigenvalue weighted by Gasteiger charge is -2.29. The van der Waals surface area contributed by atoms with Crippen LogP contribution < -0.4 is 0 Å². The van der Waals surface area contributed by atoms with Gasteiger partial charge in [-0.15, -0.1) is 0 Å². The number of hydrogen-bond donors (Lipinski definition) is 0. The van der Waals surface area contributed by atoms with Crippen LogP contribution in [-0.2, 0) is 26.0 Å². The predicted molar refractivity (Wildman–Crippen MR) is 134 cm³/mol. The molecule has 0 bridgehead atoms. The first kappa shape index (κ1) is 26.0. The standard InChI is InChI=1S/C27H35NO5S/c1-20(2)18-28(34(30,31)24-11-12-25-23(17-24)13-14-32-25)19-22(15-21-9-7-6-8-10-21)16-26(29)33-27(3,4)5/h6-14,17,20,22H,15-16,18-19H2,1-5H3/t22-/m1/s1. The summed E-state index contributed by atoms with van der Waals surface area (Å²) >= 11 is 0. The lowest BCUT2D eigenvalue weighted by Crippen LogP contribution is -2.39. The number of fused-ring (bicyclic) bond motifs is 1. The van der Waals surface area contributed by atoms with Crippen LogP contribution in [0.3, 0.4) is 0 Å². The summed E-state index contributed by atoms with van der Waals surface area (Å²) < 4.78 is 39.9. The van der Waals surface area contributed by atoms with Gasteiger partial charge in [0.2, 0.25) is 10.0 Å². The predicted octanol–water partition coefficient (Wildman–Crippen LogP) is 5.67. The number of rotatable bonds is 10. The van der Waals surface area contributed by atoms with E-state index in [9.17, 15) is 13.2 Å². The molecule has 0 aliphatic heterocycles. The number of hydrogen-bond acceptors (Lipinski definition) is 5. The minimum absolute atomic E-state index is 0.117. The summed E-state index contributed by atoms with van der Waals surface area (Å²) in [4.78, 5) is 12.9. The number of carbonyl (C=O) groups is 1. The van der Waals surface area contributed by atoms with E-state index in [0.29, 0.717) is 18.5 Å². The van der Waals surface area contributed by atoms with Gasteiger partial charge in [0, 0.05) is 24.9 Å². The molecule has 0 N–H and O–H groups in total. The van der Waals surface area contributed by atoms with Gasteiger partial charge in [0.05, 0.1) is 11.2 Å². The molecule has 1 atom stereocenters. The van der Waals surface area contributed by atoms with Crippen LogP contribution in [0.4, 0.5) is 0 Å². The zero-order chi connectivity index (χ0) is 24.9. The fraction of sp³-hybridized carbons (Fsp3) is 0.444. The zero-order valence-corrected chi connectivity index (χ0v) is 21.5. The summed E-state index contributed by atoms with van der Waals surface area (Å²) in [5.41, 5.74) is 1.09. The molecule has 3 rings (SSSR count). The number of esters is 1. The van der Waals surface area contributed by atoms with Gasteiger partial charge in [-0.3, -0.25) is 4.79 Å². The van der Waals surface area contributed by atoms with Crippen LogP contribution >= 0.6 is 0 Å². The van der Waals surface area contributed by atoms with Crippen LogP contribution in [0.2, 0.25) is 0 Å². The minimum atomic E-state index is -3.78. The molecule has 1 aromatic heterocycles. The molecule has 0 fully saturated rings. The van der Waals surface area contributed by atoms with E-state index in [1.54, 1.807) is 30.5 Å². The molecule has 0 amide bonds. The number of benzene rings is 2. The Morgan fingerprint density at radius 1 is 1.03 bits per heavy atom. The topological polar surface area (TPSA) is 76.8 Å². The number of ether oxygens (including phenoxy) is 1. The fourth-order valence-corrected chi connectivity index (χ4v) is 5.70. The smallest absolute Gasteiger partial charge is 0.306 e. The Hall–Kier alpha value is -2.64. The van der Waals surface area contributed by atoms with Crippen molar-refractivity contribution in [2.24, 2.45) is 11.8 Å². The lowest BCUT2D eigenvalue weighted by molar-refractivity contribution is -0.156. The fourth-order valence-electron chi connectivity index (χ4n) is 3.99. The van der Waals surface area contributed by atoms with Gasteiger partial charge < -0.3 is 9.15 Å². The largest absolute Gasteiger partial charge is 0.464 e. The summed E-state index contributed by atoms with van der Waals surface area (Å²) in [6, 6.07) is 16.5. The van der Waals surface area contributed by atoms with Gasteiger partial charge in [-0.25, -0.2) is 8.42 Å². The molecule has 0 saturated carbocycles. The van der Waals surface area contributed by atoms with Crippen molar-refractivity contribution in [3.05, 3.63) is 66.4 Å². The summed E-state index contributed by atoms with van der Waals surface area (Å²) in [6.07, 6.45) is 2.26. The van der Waals surface area contributed by atoms with E-state index in [1.165, 1.54) is 4.31 Å². The molecule has 184 valence electrons. The van der Waals surface area contributed by atoms with Gasteiger partial charge in [0.1, 0.15) is 11.2 Å². The van der Waals surface area contributed by atoms with Crippen molar-refractivity contribution in [2.75, 3.05) is 13.1 Å². The summed E-state index contributed by atoms with van der Waals surface area (Å²) in [7, 11) is -3.78. The molecule has 3 aromatic rings. The molecule has 1 heterocycles. The molecular formula is C27H35NO5S. The first-order valence-electron chi connectivity index (χ1n) is 11.7. The van der Waals surface area contributed by atoms with E-state index in [4.69, 9.17) is 9.15 Å². The number of carbonyl (C=O) groups excluding carboxylic acids is 1. The second-order valence-electron chi connectivity index (χ2n) is 10.2. The highest BCUT2D eigenvalue weighted by atomic mass is 32.2. The molecule has 2 aromatic carbocycles. The van der Waals surface area contributed by atoms with E-state index in [-0.39, 0.29) is 35.7 Å². The summed E-state index contributed by atoms with van der Waals surface area (Å²) in [5, 5.41) is 0.736. The Bertz CT molecular complexity index is 1190. The number of furan rings is 1. The maximum atomic E-state index is 13.7. The number of sulfonamides is 1. The Morgan fingerprint density at radius 3 is 2.38 bits per heavy atom. The molecule has 0 aliphatic rings. The van der Waals surface area contributed by atoms with Gasteiger partial charge >= 0.3 is 5.97 Å². The average molecular weight is 486 g/mol. The van der Waals surface area contributed by atoms with Gasteiger partial charge in [0.15, 0.2) is 0 Å². The molecule has 6 nitrogen and oxygen atoms in total. The van der Waals surface area contributed by atoms with Crippen molar-refractivity contribution in [3.63, 3.8) is 0 Å². The molecule has 0 spiro atoms. The van der Waals surface area contributed by atoms with Crippen LogP contribution in [0.1, 0.15) is 46.6 Å². The highest BCUT2D eigenvalue weighted by Gasteiger charge is 2.30.